The van der Waals surface area contributed by atoms with Crippen molar-refractivity contribution in [2.45, 2.75) is 56.7 Å². The molecule has 0 aromatic carbocycles. The summed E-state index contributed by atoms with van der Waals surface area (Å²) in [5.41, 5.74) is 0. The third kappa shape index (κ3) is 3.28. The average Bonchev–Trinajstić information content (AvgIpc) is 2.33. The zero-order valence-corrected chi connectivity index (χ0v) is 10.9. The van der Waals surface area contributed by atoms with Crippen molar-refractivity contribution in [1.29, 1.82) is 0 Å². The summed E-state index contributed by atoms with van der Waals surface area (Å²) in [6.45, 7) is 0. The summed E-state index contributed by atoms with van der Waals surface area (Å²) >= 11 is 0. The number of methoxy groups -OCH3 is 1. The van der Waals surface area contributed by atoms with Crippen LogP contribution in [0.2, 0.25) is 0 Å². The van der Waals surface area contributed by atoms with Gasteiger partial charge in [-0.25, -0.2) is 0 Å². The van der Waals surface area contributed by atoms with E-state index in [1.165, 1.54) is 25.7 Å². The van der Waals surface area contributed by atoms with Gasteiger partial charge in [0.1, 0.15) is 0 Å². The normalized spacial score (nSPS) is 40.8. The summed E-state index contributed by atoms with van der Waals surface area (Å²) in [6.07, 6.45) is 7.56. The molecule has 2 unspecified atom stereocenters. The van der Waals surface area contributed by atoms with E-state index in [2.05, 4.69) is 5.32 Å². The Kier molecular flexibility index (Phi) is 4.79. The van der Waals surface area contributed by atoms with Crippen molar-refractivity contribution in [1.82, 2.24) is 5.32 Å². The van der Waals surface area contributed by atoms with Crippen LogP contribution in [0.15, 0.2) is 0 Å². The molecule has 2 aliphatic rings. The molecule has 0 amide bonds. The molecule has 1 aliphatic carbocycles. The van der Waals surface area contributed by atoms with Crippen molar-refractivity contribution in [2.75, 3.05) is 18.6 Å². The second-order valence-corrected chi connectivity index (χ2v) is 6.65. The molecule has 94 valence electrons. The van der Waals surface area contributed by atoms with Crippen LogP contribution in [0, 0.1) is 0 Å². The summed E-state index contributed by atoms with van der Waals surface area (Å²) in [5, 5.41) is 3.72. The first-order chi connectivity index (χ1) is 7.79. The van der Waals surface area contributed by atoms with Gasteiger partial charge in [0.15, 0.2) is 0 Å². The molecule has 0 radical (unpaired) electrons. The van der Waals surface area contributed by atoms with Crippen LogP contribution >= 0.6 is 0 Å². The van der Waals surface area contributed by atoms with Gasteiger partial charge in [-0.2, -0.15) is 0 Å². The minimum absolute atomic E-state index is 0.390. The van der Waals surface area contributed by atoms with E-state index in [1.807, 2.05) is 7.11 Å². The van der Waals surface area contributed by atoms with Gasteiger partial charge in [-0.15, -0.1) is 0 Å². The fourth-order valence-electron chi connectivity index (χ4n) is 2.83. The van der Waals surface area contributed by atoms with Crippen molar-refractivity contribution < 1.29 is 8.95 Å². The minimum atomic E-state index is -0.549. The molecule has 4 heteroatoms. The van der Waals surface area contributed by atoms with Crippen molar-refractivity contribution in [2.24, 2.45) is 0 Å². The predicted octanol–water partition coefficient (Wildman–Crippen LogP) is 1.44. The molecule has 2 fully saturated rings. The summed E-state index contributed by atoms with van der Waals surface area (Å²) in [6, 6.07) is 1.09. The van der Waals surface area contributed by atoms with Crippen LogP contribution in [-0.2, 0) is 15.5 Å². The Labute approximate surface area is 101 Å². The summed E-state index contributed by atoms with van der Waals surface area (Å²) in [7, 11) is 1.27. The number of rotatable bonds is 3. The van der Waals surface area contributed by atoms with Crippen LogP contribution in [0.1, 0.15) is 38.5 Å². The smallest absolute Gasteiger partial charge is 0.0724 e. The molecule has 0 aromatic rings. The van der Waals surface area contributed by atoms with E-state index in [-0.39, 0.29) is 0 Å². The molecule has 16 heavy (non-hydrogen) atoms. The fourth-order valence-corrected chi connectivity index (χ4v) is 4.13. The lowest BCUT2D eigenvalue weighted by Crippen LogP contribution is -2.49. The molecule has 0 aromatic heterocycles. The van der Waals surface area contributed by atoms with Gasteiger partial charge >= 0.3 is 0 Å². The molecular formula is C12H23NO2S. The number of ether oxygens (including phenoxy) is 1. The van der Waals surface area contributed by atoms with E-state index in [4.69, 9.17) is 4.74 Å². The van der Waals surface area contributed by atoms with Crippen LogP contribution in [0.4, 0.5) is 0 Å². The maximum absolute atomic E-state index is 11.3. The highest BCUT2D eigenvalue weighted by Crippen LogP contribution is 2.22. The Morgan fingerprint density at radius 1 is 1.12 bits per heavy atom. The monoisotopic (exact) mass is 245 g/mol. The van der Waals surface area contributed by atoms with Gasteiger partial charge in [-0.3, -0.25) is 4.21 Å². The molecule has 2 atom stereocenters. The van der Waals surface area contributed by atoms with Gasteiger partial charge in [-0.1, -0.05) is 12.8 Å². The largest absolute Gasteiger partial charge is 0.380 e. The lowest BCUT2D eigenvalue weighted by Gasteiger charge is -2.35. The summed E-state index contributed by atoms with van der Waals surface area (Å²) in [5.74, 6) is 1.75. The Hall–Kier alpha value is 0.0700. The topological polar surface area (TPSA) is 38.3 Å². The molecule has 0 bridgehead atoms. The highest BCUT2D eigenvalue weighted by molar-refractivity contribution is 7.85. The lowest BCUT2D eigenvalue weighted by atomic mass is 9.91. The van der Waals surface area contributed by atoms with E-state index in [1.54, 1.807) is 0 Å². The number of nitrogens with one attached hydrogen (secondary N) is 1. The van der Waals surface area contributed by atoms with E-state index in [9.17, 15) is 4.21 Å². The van der Waals surface area contributed by atoms with E-state index < -0.39 is 10.8 Å². The molecule has 3 nitrogen and oxygen atoms in total. The van der Waals surface area contributed by atoms with Crippen molar-refractivity contribution in [3.63, 3.8) is 0 Å². The molecule has 1 heterocycles. The van der Waals surface area contributed by atoms with Crippen LogP contribution in [0.25, 0.3) is 0 Å². The highest BCUT2D eigenvalue weighted by atomic mass is 32.2. The zero-order valence-electron chi connectivity index (χ0n) is 10.1. The average molecular weight is 245 g/mol. The van der Waals surface area contributed by atoms with E-state index in [0.29, 0.717) is 18.2 Å². The number of hydrogen-bond acceptors (Lipinski definition) is 3. The molecule has 1 aliphatic heterocycles. The van der Waals surface area contributed by atoms with Gasteiger partial charge in [0.05, 0.1) is 6.10 Å². The van der Waals surface area contributed by atoms with Crippen LogP contribution in [-0.4, -0.2) is 41.0 Å². The van der Waals surface area contributed by atoms with Crippen LogP contribution in [0.5, 0.6) is 0 Å². The lowest BCUT2D eigenvalue weighted by molar-refractivity contribution is 0.0372. The SMILES string of the molecule is COC1CCCCC1NC1CCS(=O)CC1. The van der Waals surface area contributed by atoms with Crippen LogP contribution < -0.4 is 5.32 Å². The molecule has 1 N–H and O–H groups in total. The van der Waals surface area contributed by atoms with Crippen molar-refractivity contribution in [3.8, 4) is 0 Å². The predicted molar refractivity (Wildman–Crippen MR) is 67.1 cm³/mol. The number of hydrogen-bond donors (Lipinski definition) is 1. The standard InChI is InChI=1S/C12H23NO2S/c1-15-12-5-3-2-4-11(12)13-10-6-8-16(14)9-7-10/h10-13H,2-9H2,1H3. The first-order valence-corrected chi connectivity index (χ1v) is 7.92. The molecule has 1 saturated heterocycles. The molecular weight excluding hydrogens is 222 g/mol. The van der Waals surface area contributed by atoms with Crippen LogP contribution in [0.3, 0.4) is 0 Å². The Morgan fingerprint density at radius 2 is 1.81 bits per heavy atom. The zero-order chi connectivity index (χ0) is 11.4. The highest BCUT2D eigenvalue weighted by Gasteiger charge is 2.28. The van der Waals surface area contributed by atoms with Crippen molar-refractivity contribution in [3.05, 3.63) is 0 Å². The van der Waals surface area contributed by atoms with Crippen molar-refractivity contribution >= 4 is 10.8 Å². The summed E-state index contributed by atoms with van der Waals surface area (Å²) < 4.78 is 16.8. The Morgan fingerprint density at radius 3 is 2.50 bits per heavy atom. The van der Waals surface area contributed by atoms with Gasteiger partial charge < -0.3 is 10.1 Å². The van der Waals surface area contributed by atoms with E-state index in [0.717, 1.165) is 24.3 Å². The third-order valence-electron chi connectivity index (χ3n) is 3.84. The molecule has 1 saturated carbocycles. The molecule has 0 spiro atoms. The maximum Gasteiger partial charge on any atom is 0.0724 e. The maximum atomic E-state index is 11.3. The Balaban J connectivity index is 1.80. The minimum Gasteiger partial charge on any atom is -0.380 e. The second kappa shape index (κ2) is 6.12. The fraction of sp³-hybridized carbons (Fsp3) is 1.00. The first kappa shape index (κ1) is 12.5. The van der Waals surface area contributed by atoms with Gasteiger partial charge in [0, 0.05) is 41.5 Å². The Bertz CT molecular complexity index is 237. The quantitative estimate of drug-likeness (QED) is 0.818. The van der Waals surface area contributed by atoms with Gasteiger partial charge in [0.25, 0.3) is 0 Å². The van der Waals surface area contributed by atoms with Gasteiger partial charge in [0.2, 0.25) is 0 Å². The third-order valence-corrected chi connectivity index (χ3v) is 5.23. The molecule has 2 rings (SSSR count). The summed E-state index contributed by atoms with van der Waals surface area (Å²) in [4.78, 5) is 0. The first-order valence-electron chi connectivity index (χ1n) is 6.43. The second-order valence-electron chi connectivity index (χ2n) is 4.95. The van der Waals surface area contributed by atoms with Gasteiger partial charge in [-0.05, 0) is 25.7 Å². The van der Waals surface area contributed by atoms with E-state index >= 15 is 0 Å².